The van der Waals surface area contributed by atoms with Crippen LogP contribution < -0.4 is 9.44 Å². The number of aliphatic hydroxyl groups is 1. The van der Waals surface area contributed by atoms with Crippen LogP contribution >= 0.6 is 0 Å². The Hall–Kier alpha value is -0.170. The average Bonchev–Trinajstić information content (AvgIpc) is 1.87. The first-order valence-electron chi connectivity index (χ1n) is 2.83. The van der Waals surface area contributed by atoms with E-state index >= 15 is 0 Å². The van der Waals surface area contributed by atoms with Gasteiger partial charge in [-0.15, -0.1) is 0 Å². The van der Waals surface area contributed by atoms with Gasteiger partial charge in [-0.25, -0.2) is 4.72 Å². The van der Waals surface area contributed by atoms with E-state index in [9.17, 15) is 8.42 Å². The van der Waals surface area contributed by atoms with Crippen LogP contribution in [-0.4, -0.2) is 33.2 Å². The molecular formula is C4H12N2O3S. The fourth-order valence-electron chi connectivity index (χ4n) is 0.361. The Bertz CT molecular complexity index is 177. The van der Waals surface area contributed by atoms with Crippen molar-refractivity contribution in [3.63, 3.8) is 0 Å². The first-order valence-corrected chi connectivity index (χ1v) is 4.32. The van der Waals surface area contributed by atoms with E-state index in [4.69, 9.17) is 5.11 Å². The maximum absolute atomic E-state index is 10.6. The van der Waals surface area contributed by atoms with E-state index in [1.54, 1.807) is 6.92 Å². The molecule has 5 nitrogen and oxygen atoms in total. The van der Waals surface area contributed by atoms with Crippen LogP contribution in [0.15, 0.2) is 0 Å². The van der Waals surface area contributed by atoms with Crippen molar-refractivity contribution < 1.29 is 13.5 Å². The van der Waals surface area contributed by atoms with Crippen molar-refractivity contribution in [2.75, 3.05) is 13.7 Å². The van der Waals surface area contributed by atoms with Crippen molar-refractivity contribution >= 4 is 10.2 Å². The third kappa shape index (κ3) is 3.78. The second-order valence-corrected chi connectivity index (χ2v) is 3.56. The Kier molecular flexibility index (Phi) is 3.80. The Labute approximate surface area is 60.6 Å². The van der Waals surface area contributed by atoms with Gasteiger partial charge in [-0.1, -0.05) is 0 Å². The molecule has 6 heteroatoms. The highest BCUT2D eigenvalue weighted by Gasteiger charge is 2.09. The summed E-state index contributed by atoms with van der Waals surface area (Å²) in [7, 11) is -2.09. The molecule has 0 heterocycles. The summed E-state index contributed by atoms with van der Waals surface area (Å²) < 4.78 is 25.5. The summed E-state index contributed by atoms with van der Waals surface area (Å²) in [5, 5.41) is 8.44. The van der Waals surface area contributed by atoms with Gasteiger partial charge in [0.25, 0.3) is 10.2 Å². The fraction of sp³-hybridized carbons (Fsp3) is 1.00. The summed E-state index contributed by atoms with van der Waals surface area (Å²) >= 11 is 0. The molecule has 0 spiro atoms. The maximum Gasteiger partial charge on any atom is 0.276 e. The predicted octanol–water partition coefficient (Wildman–Crippen LogP) is -1.58. The van der Waals surface area contributed by atoms with Gasteiger partial charge in [0.2, 0.25) is 0 Å². The topological polar surface area (TPSA) is 78.4 Å². The van der Waals surface area contributed by atoms with Crippen LogP contribution in [-0.2, 0) is 10.2 Å². The quantitative estimate of drug-likeness (QED) is 0.474. The highest BCUT2D eigenvalue weighted by Crippen LogP contribution is 1.81. The maximum atomic E-state index is 10.6. The normalized spacial score (nSPS) is 15.1. The second-order valence-electron chi connectivity index (χ2n) is 1.91. The SMILES string of the molecule is CNS(=O)(=O)N[C@H](C)CO. The smallest absolute Gasteiger partial charge is 0.276 e. The molecule has 0 aromatic rings. The lowest BCUT2D eigenvalue weighted by Gasteiger charge is -2.09. The minimum Gasteiger partial charge on any atom is -0.395 e. The molecule has 0 aliphatic heterocycles. The molecule has 0 aliphatic rings. The number of rotatable bonds is 4. The molecule has 0 fully saturated rings. The van der Waals surface area contributed by atoms with Gasteiger partial charge >= 0.3 is 0 Å². The van der Waals surface area contributed by atoms with Crippen molar-refractivity contribution in [3.8, 4) is 0 Å². The first kappa shape index (κ1) is 9.83. The van der Waals surface area contributed by atoms with E-state index in [1.165, 1.54) is 7.05 Å². The molecule has 0 rings (SSSR count). The minimum atomic E-state index is -3.39. The third-order valence-electron chi connectivity index (χ3n) is 0.899. The molecule has 0 amide bonds. The van der Waals surface area contributed by atoms with Gasteiger partial charge in [0.1, 0.15) is 0 Å². The molecule has 10 heavy (non-hydrogen) atoms. The zero-order valence-corrected chi connectivity index (χ0v) is 6.77. The highest BCUT2D eigenvalue weighted by atomic mass is 32.2. The molecule has 62 valence electrons. The molecule has 0 saturated carbocycles. The van der Waals surface area contributed by atoms with Crippen LogP contribution in [0.2, 0.25) is 0 Å². The summed E-state index contributed by atoms with van der Waals surface area (Å²) in [5.41, 5.74) is 0. The van der Waals surface area contributed by atoms with Gasteiger partial charge < -0.3 is 5.11 Å². The van der Waals surface area contributed by atoms with Gasteiger partial charge in [-0.3, -0.25) is 0 Å². The van der Waals surface area contributed by atoms with Crippen LogP contribution in [0.5, 0.6) is 0 Å². The molecule has 3 N–H and O–H groups in total. The minimum absolute atomic E-state index is 0.207. The number of aliphatic hydroxyl groups excluding tert-OH is 1. The van der Waals surface area contributed by atoms with Crippen LogP contribution in [0.1, 0.15) is 6.92 Å². The summed E-state index contributed by atoms with van der Waals surface area (Å²) in [4.78, 5) is 0. The third-order valence-corrected chi connectivity index (χ3v) is 2.15. The van der Waals surface area contributed by atoms with Gasteiger partial charge in [-0.05, 0) is 6.92 Å². The Balaban J connectivity index is 3.90. The molecular weight excluding hydrogens is 156 g/mol. The Morgan fingerprint density at radius 1 is 1.60 bits per heavy atom. The highest BCUT2D eigenvalue weighted by molar-refractivity contribution is 7.87. The zero-order chi connectivity index (χ0) is 8.20. The molecule has 0 saturated heterocycles. The molecule has 0 aromatic heterocycles. The van der Waals surface area contributed by atoms with Crippen LogP contribution in [0.25, 0.3) is 0 Å². The summed E-state index contributed by atoms with van der Waals surface area (Å²) in [6, 6.07) is -0.447. The number of hydrogen-bond donors (Lipinski definition) is 3. The van der Waals surface area contributed by atoms with Crippen molar-refractivity contribution in [1.82, 2.24) is 9.44 Å². The summed E-state index contributed by atoms with van der Waals surface area (Å²) in [5.74, 6) is 0. The molecule has 0 aliphatic carbocycles. The van der Waals surface area contributed by atoms with Crippen LogP contribution in [0.3, 0.4) is 0 Å². The largest absolute Gasteiger partial charge is 0.395 e. The number of hydrogen-bond acceptors (Lipinski definition) is 3. The van der Waals surface area contributed by atoms with Crippen molar-refractivity contribution in [2.45, 2.75) is 13.0 Å². The second kappa shape index (κ2) is 3.87. The monoisotopic (exact) mass is 168 g/mol. The van der Waals surface area contributed by atoms with E-state index in [0.29, 0.717) is 0 Å². The lowest BCUT2D eigenvalue weighted by molar-refractivity contribution is 0.265. The van der Waals surface area contributed by atoms with E-state index in [-0.39, 0.29) is 6.61 Å². The van der Waals surface area contributed by atoms with E-state index in [0.717, 1.165) is 0 Å². The molecule has 0 unspecified atom stereocenters. The van der Waals surface area contributed by atoms with Gasteiger partial charge in [0.05, 0.1) is 6.61 Å². The zero-order valence-electron chi connectivity index (χ0n) is 5.96. The van der Waals surface area contributed by atoms with Crippen molar-refractivity contribution in [2.24, 2.45) is 0 Å². The van der Waals surface area contributed by atoms with Crippen LogP contribution in [0, 0.1) is 0 Å². The fourth-order valence-corrected chi connectivity index (χ4v) is 1.08. The van der Waals surface area contributed by atoms with Gasteiger partial charge in [0.15, 0.2) is 0 Å². The van der Waals surface area contributed by atoms with E-state index in [2.05, 4.69) is 9.44 Å². The molecule has 0 aromatic carbocycles. The van der Waals surface area contributed by atoms with Crippen molar-refractivity contribution in [3.05, 3.63) is 0 Å². The summed E-state index contributed by atoms with van der Waals surface area (Å²) in [6.45, 7) is 1.36. The summed E-state index contributed by atoms with van der Waals surface area (Å²) in [6.07, 6.45) is 0. The lowest BCUT2D eigenvalue weighted by Crippen LogP contribution is -2.41. The van der Waals surface area contributed by atoms with E-state index < -0.39 is 16.3 Å². The predicted molar refractivity (Wildman–Crippen MR) is 37.7 cm³/mol. The standard InChI is InChI=1S/C4H12N2O3S/c1-4(3-7)6-10(8,9)5-2/h4-7H,3H2,1-2H3/t4-/m1/s1. The van der Waals surface area contributed by atoms with Crippen LogP contribution in [0.4, 0.5) is 0 Å². The van der Waals surface area contributed by atoms with E-state index in [1.807, 2.05) is 0 Å². The molecule has 0 radical (unpaired) electrons. The Morgan fingerprint density at radius 3 is 2.40 bits per heavy atom. The lowest BCUT2D eigenvalue weighted by atomic mass is 10.4. The first-order chi connectivity index (χ1) is 4.52. The van der Waals surface area contributed by atoms with Crippen molar-refractivity contribution in [1.29, 1.82) is 0 Å². The Morgan fingerprint density at radius 2 is 2.10 bits per heavy atom. The van der Waals surface area contributed by atoms with Gasteiger partial charge in [-0.2, -0.15) is 13.1 Å². The molecule has 1 atom stereocenters. The van der Waals surface area contributed by atoms with Gasteiger partial charge in [0, 0.05) is 13.1 Å². The number of nitrogens with one attached hydrogen (secondary N) is 2. The molecule has 0 bridgehead atoms. The average molecular weight is 168 g/mol.